The largest absolute Gasteiger partial charge is 0.334 e. The number of fused-ring (bicyclic) bond motifs is 1. The Balaban J connectivity index is 1.48. The van der Waals surface area contributed by atoms with Gasteiger partial charge in [-0.1, -0.05) is 23.7 Å². The molecule has 1 aromatic heterocycles. The highest BCUT2D eigenvalue weighted by Crippen LogP contribution is 2.27. The van der Waals surface area contributed by atoms with Gasteiger partial charge in [-0.2, -0.15) is 14.8 Å². The number of hydrogen-bond acceptors (Lipinski definition) is 4. The Morgan fingerprint density at radius 1 is 1.29 bits per heavy atom. The van der Waals surface area contributed by atoms with Crippen LogP contribution in [0.3, 0.4) is 0 Å². The van der Waals surface area contributed by atoms with E-state index < -0.39 is 6.03 Å². The van der Waals surface area contributed by atoms with Crippen LogP contribution in [0.4, 0.5) is 10.6 Å². The molecule has 4 rings (SSSR count). The van der Waals surface area contributed by atoms with Crippen molar-refractivity contribution in [2.75, 3.05) is 5.32 Å². The van der Waals surface area contributed by atoms with Crippen molar-refractivity contribution in [1.29, 1.82) is 0 Å². The summed E-state index contributed by atoms with van der Waals surface area (Å²) in [5, 5.41) is 10.5. The van der Waals surface area contributed by atoms with E-state index in [0.29, 0.717) is 23.1 Å². The van der Waals surface area contributed by atoms with Crippen LogP contribution in [-0.4, -0.2) is 33.4 Å². The van der Waals surface area contributed by atoms with E-state index in [0.717, 1.165) is 30.5 Å². The van der Waals surface area contributed by atoms with Crippen LogP contribution in [0.1, 0.15) is 30.5 Å². The summed E-state index contributed by atoms with van der Waals surface area (Å²) in [4.78, 5) is 33.2. The number of aromatic nitrogens is 2. The maximum atomic E-state index is 12.3. The monoisotopic (exact) mass is 398 g/mol. The molecule has 2 heterocycles. The molecule has 144 valence electrons. The molecule has 9 heteroatoms. The average Bonchev–Trinajstić information content (AvgIpc) is 3.28. The Morgan fingerprint density at radius 3 is 2.86 bits per heavy atom. The van der Waals surface area contributed by atoms with Crippen molar-refractivity contribution in [3.05, 3.63) is 46.6 Å². The number of aryl methyl sites for hydroxylation is 1. The Morgan fingerprint density at radius 2 is 2.07 bits per heavy atom. The summed E-state index contributed by atoms with van der Waals surface area (Å²) in [6.07, 6.45) is 2.53. The molecular formula is C19H19ClN6O2. The minimum atomic E-state index is -0.398. The first-order valence-corrected chi connectivity index (χ1v) is 9.44. The highest BCUT2D eigenvalue weighted by atomic mass is 35.5. The summed E-state index contributed by atoms with van der Waals surface area (Å²) < 4.78 is 1.40. The fourth-order valence-electron chi connectivity index (χ4n) is 3.34. The first-order chi connectivity index (χ1) is 13.5. The molecule has 0 saturated heterocycles. The smallest absolute Gasteiger partial charge is 0.320 e. The molecule has 1 fully saturated rings. The lowest BCUT2D eigenvalue weighted by Gasteiger charge is -2.15. The van der Waals surface area contributed by atoms with Crippen LogP contribution in [0, 0.1) is 12.8 Å². The van der Waals surface area contributed by atoms with Crippen molar-refractivity contribution in [3.8, 4) is 0 Å². The zero-order valence-electron chi connectivity index (χ0n) is 15.3. The number of aliphatic imine (C=N–C) groups is 2. The second-order valence-electron chi connectivity index (χ2n) is 6.81. The van der Waals surface area contributed by atoms with Gasteiger partial charge in [0.2, 0.25) is 0 Å². The van der Waals surface area contributed by atoms with Gasteiger partial charge in [-0.05, 0) is 43.9 Å². The van der Waals surface area contributed by atoms with E-state index in [2.05, 4.69) is 25.7 Å². The van der Waals surface area contributed by atoms with E-state index in [-0.39, 0.29) is 17.8 Å². The highest BCUT2D eigenvalue weighted by Gasteiger charge is 2.33. The topological polar surface area (TPSA) is 101 Å². The molecule has 1 aliphatic carbocycles. The molecule has 2 N–H and O–H groups in total. The molecule has 1 atom stereocenters. The third-order valence-corrected chi connectivity index (χ3v) is 4.96. The van der Waals surface area contributed by atoms with Gasteiger partial charge in [0.05, 0.1) is 11.6 Å². The number of nitrogens with zero attached hydrogens (tertiary/aromatic N) is 4. The molecule has 1 aromatic carbocycles. The van der Waals surface area contributed by atoms with Crippen molar-refractivity contribution < 1.29 is 9.59 Å². The van der Waals surface area contributed by atoms with Crippen LogP contribution in [0.15, 0.2) is 40.3 Å². The maximum absolute atomic E-state index is 12.3. The molecule has 0 bridgehead atoms. The zero-order chi connectivity index (χ0) is 19.7. The van der Waals surface area contributed by atoms with Crippen molar-refractivity contribution >= 4 is 41.0 Å². The number of carbonyl (C=O) groups is 2. The maximum Gasteiger partial charge on any atom is 0.320 e. The van der Waals surface area contributed by atoms with E-state index >= 15 is 0 Å². The van der Waals surface area contributed by atoms with Crippen molar-refractivity contribution in [2.24, 2.45) is 15.9 Å². The van der Waals surface area contributed by atoms with Crippen LogP contribution in [0.5, 0.6) is 0 Å². The van der Waals surface area contributed by atoms with Crippen LogP contribution >= 0.6 is 11.6 Å². The zero-order valence-corrected chi connectivity index (χ0v) is 16.0. The van der Waals surface area contributed by atoms with Gasteiger partial charge in [0.1, 0.15) is 5.82 Å². The molecule has 1 aliphatic heterocycles. The molecule has 1 unspecified atom stereocenters. The van der Waals surface area contributed by atoms with Crippen LogP contribution in [0.25, 0.3) is 0 Å². The molecule has 0 spiro atoms. The van der Waals surface area contributed by atoms with E-state index in [9.17, 15) is 9.59 Å². The van der Waals surface area contributed by atoms with Gasteiger partial charge in [-0.15, -0.1) is 0 Å². The molecule has 1 saturated carbocycles. The van der Waals surface area contributed by atoms with Crippen molar-refractivity contribution in [3.63, 3.8) is 0 Å². The number of amides is 3. The van der Waals surface area contributed by atoms with Gasteiger partial charge in [-0.25, -0.2) is 9.79 Å². The van der Waals surface area contributed by atoms with Gasteiger partial charge in [0.25, 0.3) is 11.9 Å². The van der Waals surface area contributed by atoms with E-state index in [1.165, 1.54) is 4.68 Å². The summed E-state index contributed by atoms with van der Waals surface area (Å²) in [6, 6.07) is 8.52. The Bertz CT molecular complexity index is 992. The number of hydrogen-bond donors (Lipinski definition) is 2. The summed E-state index contributed by atoms with van der Waals surface area (Å²) >= 11 is 5.86. The first-order valence-electron chi connectivity index (χ1n) is 9.06. The number of rotatable bonds is 3. The lowest BCUT2D eigenvalue weighted by atomic mass is 10.1. The number of carbonyl (C=O) groups excluding carboxylic acids is 2. The molecule has 28 heavy (non-hydrogen) atoms. The number of benzene rings is 1. The predicted octanol–water partition coefficient (Wildman–Crippen LogP) is 3.15. The summed E-state index contributed by atoms with van der Waals surface area (Å²) in [6.45, 7) is 2.14. The second kappa shape index (κ2) is 7.55. The highest BCUT2D eigenvalue weighted by molar-refractivity contribution is 6.30. The first kappa shape index (κ1) is 18.4. The van der Waals surface area contributed by atoms with Gasteiger partial charge in [0.15, 0.2) is 0 Å². The van der Waals surface area contributed by atoms with E-state index in [4.69, 9.17) is 11.6 Å². The van der Waals surface area contributed by atoms with E-state index in [1.807, 2.05) is 12.1 Å². The summed E-state index contributed by atoms with van der Waals surface area (Å²) in [7, 11) is 0. The Hall–Kier alpha value is -3.00. The molecule has 8 nitrogen and oxygen atoms in total. The minimum Gasteiger partial charge on any atom is -0.334 e. The van der Waals surface area contributed by atoms with Crippen molar-refractivity contribution in [2.45, 2.75) is 32.7 Å². The third kappa shape index (κ3) is 3.82. The van der Waals surface area contributed by atoms with Gasteiger partial charge >= 0.3 is 6.03 Å². The Labute approximate surface area is 166 Å². The van der Waals surface area contributed by atoms with Crippen molar-refractivity contribution in [1.82, 2.24) is 15.1 Å². The van der Waals surface area contributed by atoms with Crippen LogP contribution in [0.2, 0.25) is 5.02 Å². The summed E-state index contributed by atoms with van der Waals surface area (Å²) in [5.41, 5.74) is 2.45. The quantitative estimate of drug-likeness (QED) is 0.830. The normalized spacial score (nSPS) is 18.4. The van der Waals surface area contributed by atoms with Crippen LogP contribution < -0.4 is 10.6 Å². The predicted molar refractivity (Wildman–Crippen MR) is 107 cm³/mol. The lowest BCUT2D eigenvalue weighted by Crippen LogP contribution is -2.32. The number of urea groups is 1. The minimum absolute atomic E-state index is 0.191. The Kier molecular flexibility index (Phi) is 4.95. The molecular weight excluding hydrogens is 380 g/mol. The SMILES string of the molecule is Cc1cc(NC(=O)NCc2ccc(Cl)cc2)n(C2=NC(=O)C3CCCC3=N2)n1. The van der Waals surface area contributed by atoms with Gasteiger partial charge < -0.3 is 5.32 Å². The fourth-order valence-corrected chi connectivity index (χ4v) is 3.46. The van der Waals surface area contributed by atoms with Crippen LogP contribution in [-0.2, 0) is 11.3 Å². The molecule has 3 amide bonds. The number of anilines is 1. The van der Waals surface area contributed by atoms with Gasteiger partial charge in [-0.3, -0.25) is 10.1 Å². The van der Waals surface area contributed by atoms with Gasteiger partial charge in [0, 0.05) is 23.3 Å². The number of nitrogens with one attached hydrogen (secondary N) is 2. The third-order valence-electron chi connectivity index (χ3n) is 4.71. The summed E-state index contributed by atoms with van der Waals surface area (Å²) in [5.74, 6) is 0.209. The second-order valence-corrected chi connectivity index (χ2v) is 7.25. The molecule has 0 radical (unpaired) electrons. The molecule has 2 aromatic rings. The number of halogens is 1. The molecule has 2 aliphatic rings. The van der Waals surface area contributed by atoms with E-state index in [1.54, 1.807) is 25.1 Å². The standard InChI is InChI=1S/C19H19ClN6O2/c1-11-9-16(23-19(28)21-10-12-5-7-13(20)8-6-12)26(25-11)18-22-15-4-2-3-14(15)17(27)24-18/h5-9,14H,2-4,10H2,1H3,(H2,21,23,28). The lowest BCUT2D eigenvalue weighted by molar-refractivity contribution is -0.119. The fraction of sp³-hybridized carbons (Fsp3) is 0.316. The average molecular weight is 399 g/mol.